The highest BCUT2D eigenvalue weighted by atomic mass is 19.4. The van der Waals surface area contributed by atoms with Crippen LogP contribution in [0.2, 0.25) is 0 Å². The van der Waals surface area contributed by atoms with Gasteiger partial charge in [-0.2, -0.15) is 13.2 Å². The molecule has 1 heterocycles. The van der Waals surface area contributed by atoms with Gasteiger partial charge in [-0.25, -0.2) is 0 Å². The van der Waals surface area contributed by atoms with Crippen LogP contribution in [0.25, 0.3) is 6.08 Å². The molecule has 2 rings (SSSR count). The van der Waals surface area contributed by atoms with Gasteiger partial charge in [0.05, 0.1) is 7.11 Å². The number of phenolic OH excluding ortho intramolecular Hbond substituents is 1. The number of methoxy groups -OCH3 is 1. The van der Waals surface area contributed by atoms with Crippen LogP contribution < -0.4 is 4.74 Å². The van der Waals surface area contributed by atoms with Gasteiger partial charge in [-0.1, -0.05) is 0 Å². The van der Waals surface area contributed by atoms with Gasteiger partial charge < -0.3 is 14.7 Å². The number of ether oxygens (including phenoxy) is 1. The fraction of sp³-hybridized carbons (Fsp3) is 0.438. The lowest BCUT2D eigenvalue weighted by atomic mass is 10.1. The van der Waals surface area contributed by atoms with Crippen molar-refractivity contribution in [3.63, 3.8) is 0 Å². The van der Waals surface area contributed by atoms with E-state index in [0.717, 1.165) is 38.5 Å². The van der Waals surface area contributed by atoms with Crippen LogP contribution >= 0.6 is 0 Å². The summed E-state index contributed by atoms with van der Waals surface area (Å²) in [5.41, 5.74) is -0.994. The molecule has 1 N–H and O–H groups in total. The SMILES string of the molecule is COc1c(O)cc(/C=C/C(=O)N2CCCCC2)cc1C(F)(F)F. The normalized spacial score (nSPS) is 15.9. The predicted molar refractivity (Wildman–Crippen MR) is 79.1 cm³/mol. The Balaban J connectivity index is 2.24. The number of benzene rings is 1. The van der Waals surface area contributed by atoms with Crippen LogP contribution in [0, 0.1) is 0 Å². The van der Waals surface area contributed by atoms with Crippen LogP contribution in [0.15, 0.2) is 18.2 Å². The first-order chi connectivity index (χ1) is 10.8. The molecule has 0 radical (unpaired) electrons. The van der Waals surface area contributed by atoms with Gasteiger partial charge in [0.15, 0.2) is 11.5 Å². The van der Waals surface area contributed by atoms with Crippen molar-refractivity contribution < 1.29 is 27.8 Å². The molecular weight excluding hydrogens is 311 g/mol. The average molecular weight is 329 g/mol. The Morgan fingerprint density at radius 1 is 1.26 bits per heavy atom. The lowest BCUT2D eigenvalue weighted by molar-refractivity contribution is -0.139. The first-order valence-corrected chi connectivity index (χ1v) is 7.28. The number of aromatic hydroxyl groups is 1. The summed E-state index contributed by atoms with van der Waals surface area (Å²) in [7, 11) is 1.06. The van der Waals surface area contributed by atoms with Gasteiger partial charge in [0, 0.05) is 19.2 Å². The van der Waals surface area contributed by atoms with Gasteiger partial charge in [0.2, 0.25) is 5.91 Å². The summed E-state index contributed by atoms with van der Waals surface area (Å²) in [6.07, 6.45) is 0.776. The molecule has 0 aromatic heterocycles. The molecule has 0 atom stereocenters. The molecule has 0 bridgehead atoms. The van der Waals surface area contributed by atoms with E-state index in [1.165, 1.54) is 12.2 Å². The zero-order valence-corrected chi connectivity index (χ0v) is 12.7. The molecule has 4 nitrogen and oxygen atoms in total. The van der Waals surface area contributed by atoms with Crippen molar-refractivity contribution in [2.75, 3.05) is 20.2 Å². The van der Waals surface area contributed by atoms with Crippen LogP contribution in [0.5, 0.6) is 11.5 Å². The fourth-order valence-corrected chi connectivity index (χ4v) is 2.54. The minimum absolute atomic E-state index is 0.0842. The first-order valence-electron chi connectivity index (χ1n) is 7.28. The summed E-state index contributed by atoms with van der Waals surface area (Å²) in [5.74, 6) is -1.49. The van der Waals surface area contributed by atoms with Gasteiger partial charge in [-0.15, -0.1) is 0 Å². The Morgan fingerprint density at radius 2 is 1.91 bits per heavy atom. The number of rotatable bonds is 3. The maximum Gasteiger partial charge on any atom is 0.420 e. The second-order valence-electron chi connectivity index (χ2n) is 5.34. The smallest absolute Gasteiger partial charge is 0.420 e. The van der Waals surface area contributed by atoms with E-state index in [1.807, 2.05) is 0 Å². The van der Waals surface area contributed by atoms with E-state index < -0.39 is 23.2 Å². The molecule has 7 heteroatoms. The summed E-state index contributed by atoms with van der Waals surface area (Å²) in [4.78, 5) is 13.7. The molecule has 0 aliphatic carbocycles. The molecule has 1 saturated heterocycles. The maximum absolute atomic E-state index is 13.0. The highest BCUT2D eigenvalue weighted by molar-refractivity contribution is 5.92. The zero-order chi connectivity index (χ0) is 17.0. The van der Waals surface area contributed by atoms with Crippen LogP contribution in [0.1, 0.15) is 30.4 Å². The van der Waals surface area contributed by atoms with Crippen molar-refractivity contribution in [3.8, 4) is 11.5 Å². The zero-order valence-electron chi connectivity index (χ0n) is 12.7. The van der Waals surface area contributed by atoms with E-state index in [2.05, 4.69) is 4.74 Å². The first kappa shape index (κ1) is 17.2. The van der Waals surface area contributed by atoms with Crippen LogP contribution in [0.4, 0.5) is 13.2 Å². The Labute approximate surface area is 132 Å². The molecule has 23 heavy (non-hydrogen) atoms. The number of halogens is 3. The van der Waals surface area contributed by atoms with Crippen molar-refractivity contribution in [1.82, 2.24) is 4.90 Å². The van der Waals surface area contributed by atoms with Gasteiger partial charge in [-0.05, 0) is 43.0 Å². The van der Waals surface area contributed by atoms with Crippen molar-refractivity contribution in [3.05, 3.63) is 29.3 Å². The van der Waals surface area contributed by atoms with Crippen LogP contribution in [-0.2, 0) is 11.0 Å². The minimum atomic E-state index is -4.66. The molecule has 1 aromatic rings. The fourth-order valence-electron chi connectivity index (χ4n) is 2.54. The predicted octanol–water partition coefficient (Wildman–Crippen LogP) is 3.45. The van der Waals surface area contributed by atoms with Crippen molar-refractivity contribution in [1.29, 1.82) is 0 Å². The van der Waals surface area contributed by atoms with E-state index in [0.29, 0.717) is 13.1 Å². The van der Waals surface area contributed by atoms with E-state index in [9.17, 15) is 23.1 Å². The van der Waals surface area contributed by atoms with E-state index in [1.54, 1.807) is 4.90 Å². The molecule has 1 aromatic carbocycles. The number of carbonyl (C=O) groups is 1. The minimum Gasteiger partial charge on any atom is -0.504 e. The van der Waals surface area contributed by atoms with E-state index in [-0.39, 0.29) is 11.5 Å². The number of hydrogen-bond acceptors (Lipinski definition) is 3. The molecule has 1 aliphatic rings. The second-order valence-corrected chi connectivity index (χ2v) is 5.34. The van der Waals surface area contributed by atoms with Gasteiger partial charge in [-0.3, -0.25) is 4.79 Å². The van der Waals surface area contributed by atoms with Crippen molar-refractivity contribution in [2.24, 2.45) is 0 Å². The number of phenols is 1. The molecule has 126 valence electrons. The van der Waals surface area contributed by atoms with Gasteiger partial charge >= 0.3 is 6.18 Å². The largest absolute Gasteiger partial charge is 0.504 e. The third-order valence-electron chi connectivity index (χ3n) is 3.69. The number of likely N-dealkylation sites (tertiary alicyclic amines) is 1. The van der Waals surface area contributed by atoms with Gasteiger partial charge in [0.1, 0.15) is 5.56 Å². The van der Waals surface area contributed by atoms with E-state index >= 15 is 0 Å². The van der Waals surface area contributed by atoms with Crippen LogP contribution in [0.3, 0.4) is 0 Å². The summed E-state index contributed by atoms with van der Waals surface area (Å²) in [6.45, 7) is 1.32. The number of piperidine rings is 1. The lowest BCUT2D eigenvalue weighted by Gasteiger charge is -2.25. The van der Waals surface area contributed by atoms with Crippen LogP contribution in [-0.4, -0.2) is 36.1 Å². The highest BCUT2D eigenvalue weighted by Crippen LogP contribution is 2.42. The molecule has 0 spiro atoms. The summed E-state index contributed by atoms with van der Waals surface area (Å²) in [5, 5.41) is 9.70. The third kappa shape index (κ3) is 4.18. The average Bonchev–Trinajstić information content (AvgIpc) is 2.52. The quantitative estimate of drug-likeness (QED) is 0.864. The Bertz CT molecular complexity index is 605. The molecule has 0 saturated carbocycles. The summed E-state index contributed by atoms with van der Waals surface area (Å²) >= 11 is 0. The molecule has 0 unspecified atom stereocenters. The third-order valence-corrected chi connectivity index (χ3v) is 3.69. The Morgan fingerprint density at radius 3 is 2.48 bits per heavy atom. The maximum atomic E-state index is 13.0. The van der Waals surface area contributed by atoms with Crippen molar-refractivity contribution in [2.45, 2.75) is 25.4 Å². The number of alkyl halides is 3. The number of nitrogens with zero attached hydrogens (tertiary/aromatic N) is 1. The van der Waals surface area contributed by atoms with Crippen molar-refractivity contribution >= 4 is 12.0 Å². The molecule has 1 amide bonds. The Hall–Kier alpha value is -2.18. The molecular formula is C16H18F3NO3. The van der Waals surface area contributed by atoms with Gasteiger partial charge in [0.25, 0.3) is 0 Å². The topological polar surface area (TPSA) is 49.8 Å². The Kier molecular flexibility index (Phi) is 5.18. The molecule has 1 fully saturated rings. The molecule has 1 aliphatic heterocycles. The number of carbonyl (C=O) groups excluding carboxylic acids is 1. The number of hydrogen-bond donors (Lipinski definition) is 1. The lowest BCUT2D eigenvalue weighted by Crippen LogP contribution is -2.34. The summed E-state index contributed by atoms with van der Waals surface area (Å²) in [6, 6.07) is 1.98. The highest BCUT2D eigenvalue weighted by Gasteiger charge is 2.36. The monoisotopic (exact) mass is 329 g/mol. The standard InChI is InChI=1S/C16H18F3NO3/c1-23-15-12(16(17,18)19)9-11(10-13(15)21)5-6-14(22)20-7-3-2-4-8-20/h5-6,9-10,21H,2-4,7-8H2,1H3/b6-5+. The summed E-state index contributed by atoms with van der Waals surface area (Å²) < 4.78 is 43.6. The second kappa shape index (κ2) is 6.93. The number of amides is 1. The van der Waals surface area contributed by atoms with E-state index in [4.69, 9.17) is 0 Å².